The molecule has 134 valence electrons. The summed E-state index contributed by atoms with van der Waals surface area (Å²) in [6.07, 6.45) is 0. The number of rotatable bonds is 5. The van der Waals surface area contributed by atoms with Crippen molar-refractivity contribution in [1.82, 2.24) is 9.66 Å². The molecule has 3 rings (SSSR count). The van der Waals surface area contributed by atoms with Gasteiger partial charge in [0.2, 0.25) is 5.91 Å². The van der Waals surface area contributed by atoms with Crippen molar-refractivity contribution in [2.24, 2.45) is 0 Å². The third-order valence-corrected chi connectivity index (χ3v) is 4.96. The molecular formula is C20H21N3O2S. The van der Waals surface area contributed by atoms with E-state index in [1.54, 1.807) is 18.2 Å². The lowest BCUT2D eigenvalue weighted by molar-refractivity contribution is -0.118. The van der Waals surface area contributed by atoms with Crippen LogP contribution in [0.5, 0.6) is 0 Å². The fourth-order valence-electron chi connectivity index (χ4n) is 2.60. The number of thioether (sulfide) groups is 1. The van der Waals surface area contributed by atoms with E-state index in [-0.39, 0.29) is 22.6 Å². The molecule has 0 aliphatic carbocycles. The standard InChI is InChI=1S/C20H21N3O2S/c1-13(2)26-20-21-17-12-8-7-11-16(17)19(25)23(20)22-18(24)14(3)15-9-5-4-6-10-15/h4-14H,1-3H3,(H,22,24)/t14-/m0/s1. The Balaban J connectivity index is 2.01. The zero-order valence-corrected chi connectivity index (χ0v) is 15.8. The number of hydrogen-bond acceptors (Lipinski definition) is 4. The fraction of sp³-hybridized carbons (Fsp3) is 0.250. The molecule has 3 aromatic rings. The highest BCUT2D eigenvalue weighted by molar-refractivity contribution is 7.99. The average molecular weight is 367 g/mol. The predicted octanol–water partition coefficient (Wildman–Crippen LogP) is 3.77. The number of benzene rings is 2. The van der Waals surface area contributed by atoms with Gasteiger partial charge in [-0.25, -0.2) is 4.98 Å². The largest absolute Gasteiger partial charge is 0.281 e. The van der Waals surface area contributed by atoms with Crippen LogP contribution >= 0.6 is 11.8 Å². The zero-order chi connectivity index (χ0) is 18.7. The summed E-state index contributed by atoms with van der Waals surface area (Å²) < 4.78 is 1.27. The topological polar surface area (TPSA) is 64.0 Å². The van der Waals surface area contributed by atoms with Gasteiger partial charge in [0.1, 0.15) is 0 Å². The Kier molecular flexibility index (Phi) is 5.42. The van der Waals surface area contributed by atoms with Crippen molar-refractivity contribution >= 4 is 28.6 Å². The lowest BCUT2D eigenvalue weighted by Crippen LogP contribution is -2.37. The minimum absolute atomic E-state index is 0.220. The summed E-state index contributed by atoms with van der Waals surface area (Å²) >= 11 is 1.44. The summed E-state index contributed by atoms with van der Waals surface area (Å²) in [6.45, 7) is 5.86. The fourth-order valence-corrected chi connectivity index (χ4v) is 3.41. The Bertz CT molecular complexity index is 983. The van der Waals surface area contributed by atoms with Crippen LogP contribution in [0.15, 0.2) is 64.5 Å². The lowest BCUT2D eigenvalue weighted by Gasteiger charge is -2.17. The van der Waals surface area contributed by atoms with Crippen molar-refractivity contribution in [2.75, 3.05) is 5.43 Å². The first-order valence-corrected chi connectivity index (χ1v) is 9.39. The van der Waals surface area contributed by atoms with E-state index in [0.717, 1.165) is 5.56 Å². The quantitative estimate of drug-likeness (QED) is 0.551. The van der Waals surface area contributed by atoms with E-state index in [1.165, 1.54) is 16.4 Å². The molecule has 0 saturated carbocycles. The molecule has 0 aliphatic heterocycles. The normalized spacial score (nSPS) is 12.3. The second-order valence-electron chi connectivity index (χ2n) is 6.33. The molecule has 1 N–H and O–H groups in total. The molecule has 0 fully saturated rings. The summed E-state index contributed by atoms with van der Waals surface area (Å²) in [7, 11) is 0. The molecule has 0 aliphatic rings. The van der Waals surface area contributed by atoms with Gasteiger partial charge in [-0.05, 0) is 24.6 Å². The third kappa shape index (κ3) is 3.80. The van der Waals surface area contributed by atoms with Crippen LogP contribution in [0.2, 0.25) is 0 Å². The summed E-state index contributed by atoms with van der Waals surface area (Å²) in [4.78, 5) is 30.2. The van der Waals surface area contributed by atoms with E-state index in [4.69, 9.17) is 0 Å². The summed E-state index contributed by atoms with van der Waals surface area (Å²) in [5.41, 5.74) is 4.01. The Morgan fingerprint density at radius 2 is 1.69 bits per heavy atom. The van der Waals surface area contributed by atoms with Crippen molar-refractivity contribution in [3.8, 4) is 0 Å². The molecule has 0 spiro atoms. The molecule has 1 amide bonds. The Morgan fingerprint density at radius 3 is 2.38 bits per heavy atom. The van der Waals surface area contributed by atoms with Gasteiger partial charge in [-0.2, -0.15) is 4.68 Å². The van der Waals surface area contributed by atoms with Crippen LogP contribution in [-0.4, -0.2) is 20.8 Å². The van der Waals surface area contributed by atoms with Crippen LogP contribution in [0.25, 0.3) is 10.9 Å². The highest BCUT2D eigenvalue weighted by Crippen LogP contribution is 2.22. The molecule has 2 aromatic carbocycles. The summed E-state index contributed by atoms with van der Waals surface area (Å²) in [5, 5.41) is 1.18. The molecule has 6 heteroatoms. The number of hydrogen-bond donors (Lipinski definition) is 1. The van der Waals surface area contributed by atoms with E-state index in [9.17, 15) is 9.59 Å². The molecule has 1 heterocycles. The highest BCUT2D eigenvalue weighted by atomic mass is 32.2. The van der Waals surface area contributed by atoms with Crippen LogP contribution < -0.4 is 11.0 Å². The summed E-state index contributed by atoms with van der Waals surface area (Å²) in [6, 6.07) is 16.6. The summed E-state index contributed by atoms with van der Waals surface area (Å²) in [5.74, 6) is -0.632. The Morgan fingerprint density at radius 1 is 1.04 bits per heavy atom. The van der Waals surface area contributed by atoms with Crippen LogP contribution in [0.4, 0.5) is 0 Å². The first-order valence-electron chi connectivity index (χ1n) is 8.51. The van der Waals surface area contributed by atoms with E-state index in [0.29, 0.717) is 16.1 Å². The molecule has 0 bridgehead atoms. The number of aromatic nitrogens is 2. The van der Waals surface area contributed by atoms with Crippen LogP contribution in [0.1, 0.15) is 32.3 Å². The SMILES string of the molecule is CC(C)Sc1nc2ccccc2c(=O)n1NC(=O)[C@@H](C)c1ccccc1. The minimum Gasteiger partial charge on any atom is -0.273 e. The second kappa shape index (κ2) is 7.74. The number of fused-ring (bicyclic) bond motifs is 1. The minimum atomic E-state index is -0.383. The van der Waals surface area contributed by atoms with Crippen LogP contribution in [0.3, 0.4) is 0 Å². The number of carbonyl (C=O) groups is 1. The van der Waals surface area contributed by atoms with E-state index in [1.807, 2.05) is 57.2 Å². The second-order valence-corrected chi connectivity index (χ2v) is 7.87. The maximum absolute atomic E-state index is 12.9. The molecule has 0 saturated heterocycles. The molecule has 5 nitrogen and oxygen atoms in total. The van der Waals surface area contributed by atoms with Crippen molar-refractivity contribution in [3.05, 3.63) is 70.5 Å². The van der Waals surface area contributed by atoms with Gasteiger partial charge in [0, 0.05) is 5.25 Å². The number of nitrogens with one attached hydrogen (secondary N) is 1. The molecule has 0 unspecified atom stereocenters. The number of amides is 1. The van der Waals surface area contributed by atoms with Gasteiger partial charge in [0.25, 0.3) is 5.56 Å². The average Bonchev–Trinajstić information content (AvgIpc) is 2.64. The van der Waals surface area contributed by atoms with Crippen LogP contribution in [-0.2, 0) is 4.79 Å². The van der Waals surface area contributed by atoms with E-state index < -0.39 is 0 Å². The zero-order valence-electron chi connectivity index (χ0n) is 15.0. The Hall–Kier alpha value is -2.60. The van der Waals surface area contributed by atoms with Gasteiger partial charge in [0.05, 0.1) is 16.8 Å². The molecular weight excluding hydrogens is 346 g/mol. The smallest absolute Gasteiger partial charge is 0.273 e. The third-order valence-electron chi connectivity index (χ3n) is 4.00. The molecule has 1 aromatic heterocycles. The highest BCUT2D eigenvalue weighted by Gasteiger charge is 2.19. The maximum Gasteiger partial charge on any atom is 0.281 e. The Labute approximate surface area is 156 Å². The van der Waals surface area contributed by atoms with Crippen molar-refractivity contribution in [2.45, 2.75) is 37.1 Å². The molecule has 0 radical (unpaired) electrons. The van der Waals surface area contributed by atoms with Crippen molar-refractivity contribution in [3.63, 3.8) is 0 Å². The van der Waals surface area contributed by atoms with Gasteiger partial charge in [0.15, 0.2) is 5.16 Å². The van der Waals surface area contributed by atoms with Gasteiger partial charge in [-0.15, -0.1) is 0 Å². The van der Waals surface area contributed by atoms with E-state index >= 15 is 0 Å². The van der Waals surface area contributed by atoms with Crippen molar-refractivity contribution in [1.29, 1.82) is 0 Å². The van der Waals surface area contributed by atoms with Gasteiger partial charge >= 0.3 is 0 Å². The van der Waals surface area contributed by atoms with Crippen molar-refractivity contribution < 1.29 is 4.79 Å². The number of para-hydroxylation sites is 1. The number of carbonyl (C=O) groups excluding carboxylic acids is 1. The molecule has 1 atom stereocenters. The first-order chi connectivity index (χ1) is 12.5. The first kappa shape index (κ1) is 18.2. The maximum atomic E-state index is 12.9. The van der Waals surface area contributed by atoms with Gasteiger partial charge in [-0.3, -0.25) is 15.0 Å². The monoisotopic (exact) mass is 367 g/mol. The number of nitrogens with zero attached hydrogens (tertiary/aromatic N) is 2. The van der Waals surface area contributed by atoms with Gasteiger partial charge in [-0.1, -0.05) is 68.1 Å². The van der Waals surface area contributed by atoms with E-state index in [2.05, 4.69) is 10.4 Å². The lowest BCUT2D eigenvalue weighted by atomic mass is 10.0. The van der Waals surface area contributed by atoms with Crippen LogP contribution in [0, 0.1) is 0 Å². The van der Waals surface area contributed by atoms with Gasteiger partial charge < -0.3 is 0 Å². The predicted molar refractivity (Wildman–Crippen MR) is 106 cm³/mol. The molecule has 26 heavy (non-hydrogen) atoms.